The van der Waals surface area contributed by atoms with Crippen molar-refractivity contribution in [2.45, 2.75) is 45.1 Å². The summed E-state index contributed by atoms with van der Waals surface area (Å²) in [5.41, 5.74) is 6.84. The minimum Gasteiger partial charge on any atom is -0.397 e. The molecule has 0 aliphatic heterocycles. The van der Waals surface area contributed by atoms with Gasteiger partial charge < -0.3 is 15.8 Å². The fraction of sp³-hybridized carbons (Fsp3) is 0.562. The highest BCUT2D eigenvalue weighted by Crippen LogP contribution is 2.29. The van der Waals surface area contributed by atoms with Crippen LogP contribution in [0, 0.1) is 5.92 Å². The van der Waals surface area contributed by atoms with Crippen molar-refractivity contribution >= 4 is 28.9 Å². The number of amides is 1. The molecule has 5 heteroatoms. The van der Waals surface area contributed by atoms with Crippen LogP contribution in [-0.4, -0.2) is 18.6 Å². The van der Waals surface area contributed by atoms with E-state index >= 15 is 0 Å². The summed E-state index contributed by atoms with van der Waals surface area (Å²) in [6.07, 6.45) is 6.02. The van der Waals surface area contributed by atoms with Gasteiger partial charge in [0, 0.05) is 5.02 Å². The van der Waals surface area contributed by atoms with E-state index in [0.29, 0.717) is 22.3 Å². The van der Waals surface area contributed by atoms with Crippen LogP contribution in [0.2, 0.25) is 5.02 Å². The number of carbonyl (C=O) groups excluding carboxylic acids is 1. The summed E-state index contributed by atoms with van der Waals surface area (Å²) in [6.45, 7) is 2.25. The predicted molar refractivity (Wildman–Crippen MR) is 86.5 cm³/mol. The molecule has 1 aliphatic carbocycles. The Hall–Kier alpha value is -1.26. The van der Waals surface area contributed by atoms with Crippen LogP contribution in [0.3, 0.4) is 0 Å². The number of ether oxygens (including phenoxy) is 1. The van der Waals surface area contributed by atoms with Gasteiger partial charge in [-0.05, 0) is 37.0 Å². The largest absolute Gasteiger partial charge is 0.397 e. The number of carbonyl (C=O) groups is 1. The maximum Gasteiger partial charge on any atom is 0.250 e. The fourth-order valence-corrected chi connectivity index (χ4v) is 3.06. The standard InChI is InChI=1S/C16H23ClN2O2/c1-2-11-5-3-4-6-15(11)21-10-16(20)19-14-8-7-12(17)9-13(14)18/h7-9,11,15H,2-6,10,18H2,1H3,(H,19,20). The Labute approximate surface area is 131 Å². The number of benzene rings is 1. The summed E-state index contributed by atoms with van der Waals surface area (Å²) in [6, 6.07) is 5.01. The molecule has 116 valence electrons. The average Bonchev–Trinajstić information content (AvgIpc) is 2.48. The first kappa shape index (κ1) is 16.1. The normalized spacial score (nSPS) is 22.0. The molecular formula is C16H23ClN2O2. The number of halogens is 1. The average molecular weight is 311 g/mol. The van der Waals surface area contributed by atoms with Gasteiger partial charge in [0.15, 0.2) is 0 Å². The van der Waals surface area contributed by atoms with E-state index in [-0.39, 0.29) is 18.6 Å². The van der Waals surface area contributed by atoms with Gasteiger partial charge in [-0.2, -0.15) is 0 Å². The molecule has 0 radical (unpaired) electrons. The highest BCUT2D eigenvalue weighted by atomic mass is 35.5. The van der Waals surface area contributed by atoms with Crippen molar-refractivity contribution in [3.8, 4) is 0 Å². The van der Waals surface area contributed by atoms with E-state index < -0.39 is 0 Å². The van der Waals surface area contributed by atoms with E-state index in [1.807, 2.05) is 0 Å². The Morgan fingerprint density at radius 3 is 2.90 bits per heavy atom. The number of anilines is 2. The number of hydrogen-bond acceptors (Lipinski definition) is 3. The van der Waals surface area contributed by atoms with E-state index in [0.717, 1.165) is 12.8 Å². The van der Waals surface area contributed by atoms with Crippen molar-refractivity contribution in [3.63, 3.8) is 0 Å². The second-order valence-electron chi connectivity index (χ2n) is 5.58. The SMILES string of the molecule is CCC1CCCCC1OCC(=O)Nc1ccc(Cl)cc1N. The van der Waals surface area contributed by atoms with Crippen LogP contribution in [0.1, 0.15) is 39.0 Å². The molecule has 1 aromatic rings. The van der Waals surface area contributed by atoms with E-state index in [1.54, 1.807) is 18.2 Å². The summed E-state index contributed by atoms with van der Waals surface area (Å²) in [5, 5.41) is 3.31. The van der Waals surface area contributed by atoms with Crippen LogP contribution in [0.25, 0.3) is 0 Å². The van der Waals surface area contributed by atoms with Crippen molar-refractivity contribution in [1.82, 2.24) is 0 Å². The summed E-state index contributed by atoms with van der Waals surface area (Å²) < 4.78 is 5.81. The first-order valence-corrected chi connectivity index (χ1v) is 7.94. The zero-order valence-corrected chi connectivity index (χ0v) is 13.2. The van der Waals surface area contributed by atoms with Crippen molar-refractivity contribution in [2.75, 3.05) is 17.7 Å². The Bertz CT molecular complexity index is 493. The van der Waals surface area contributed by atoms with Crippen LogP contribution in [0.15, 0.2) is 18.2 Å². The van der Waals surface area contributed by atoms with E-state index in [2.05, 4.69) is 12.2 Å². The maximum atomic E-state index is 12.0. The summed E-state index contributed by atoms with van der Waals surface area (Å²) in [4.78, 5) is 12.0. The van der Waals surface area contributed by atoms with Gasteiger partial charge in [0.2, 0.25) is 5.91 Å². The molecule has 4 nitrogen and oxygen atoms in total. The van der Waals surface area contributed by atoms with Crippen LogP contribution < -0.4 is 11.1 Å². The molecule has 3 N–H and O–H groups in total. The van der Waals surface area contributed by atoms with Crippen molar-refractivity contribution in [3.05, 3.63) is 23.2 Å². The molecule has 0 heterocycles. The minimum atomic E-state index is -0.176. The van der Waals surface area contributed by atoms with Gasteiger partial charge in [-0.3, -0.25) is 4.79 Å². The molecule has 1 saturated carbocycles. The molecule has 2 rings (SSSR count). The topological polar surface area (TPSA) is 64.3 Å². The van der Waals surface area contributed by atoms with Gasteiger partial charge in [0.25, 0.3) is 0 Å². The fourth-order valence-electron chi connectivity index (χ4n) is 2.88. The molecule has 0 bridgehead atoms. The Balaban J connectivity index is 1.84. The molecule has 1 amide bonds. The lowest BCUT2D eigenvalue weighted by Crippen LogP contribution is -2.31. The molecule has 21 heavy (non-hydrogen) atoms. The monoisotopic (exact) mass is 310 g/mol. The van der Waals surface area contributed by atoms with Crippen molar-refractivity contribution < 1.29 is 9.53 Å². The van der Waals surface area contributed by atoms with Crippen molar-refractivity contribution in [1.29, 1.82) is 0 Å². The predicted octanol–water partition coefficient (Wildman–Crippen LogP) is 3.85. The molecule has 2 atom stereocenters. The lowest BCUT2D eigenvalue weighted by molar-refractivity contribution is -0.124. The van der Waals surface area contributed by atoms with Gasteiger partial charge in [0.1, 0.15) is 6.61 Å². The molecule has 0 spiro atoms. The van der Waals surface area contributed by atoms with Crippen LogP contribution in [0.5, 0.6) is 0 Å². The van der Waals surface area contributed by atoms with Gasteiger partial charge >= 0.3 is 0 Å². The molecule has 1 aromatic carbocycles. The van der Waals surface area contributed by atoms with Gasteiger partial charge in [-0.25, -0.2) is 0 Å². The Morgan fingerprint density at radius 1 is 1.43 bits per heavy atom. The van der Waals surface area contributed by atoms with E-state index in [4.69, 9.17) is 22.1 Å². The lowest BCUT2D eigenvalue weighted by Gasteiger charge is -2.30. The molecule has 0 aromatic heterocycles. The van der Waals surface area contributed by atoms with Gasteiger partial charge in [-0.15, -0.1) is 0 Å². The number of rotatable bonds is 5. The molecule has 0 saturated heterocycles. The Kier molecular flexibility index (Phi) is 5.88. The number of nitrogens with one attached hydrogen (secondary N) is 1. The number of nitrogen functional groups attached to an aromatic ring is 1. The van der Waals surface area contributed by atoms with Crippen molar-refractivity contribution in [2.24, 2.45) is 5.92 Å². The quantitative estimate of drug-likeness (QED) is 0.812. The zero-order valence-electron chi connectivity index (χ0n) is 12.4. The summed E-state index contributed by atoms with van der Waals surface area (Å²) in [5.74, 6) is 0.400. The van der Waals surface area contributed by atoms with Gasteiger partial charge in [0.05, 0.1) is 17.5 Å². The Morgan fingerprint density at radius 2 is 2.19 bits per heavy atom. The van der Waals surface area contributed by atoms with E-state index in [1.165, 1.54) is 19.3 Å². The smallest absolute Gasteiger partial charge is 0.250 e. The summed E-state index contributed by atoms with van der Waals surface area (Å²) in [7, 11) is 0. The van der Waals surface area contributed by atoms with E-state index in [9.17, 15) is 4.79 Å². The third kappa shape index (κ3) is 4.61. The lowest BCUT2D eigenvalue weighted by atomic mass is 9.85. The second kappa shape index (κ2) is 7.66. The van der Waals surface area contributed by atoms with Crippen LogP contribution >= 0.6 is 11.6 Å². The minimum absolute atomic E-state index is 0.0727. The molecule has 2 unspecified atom stereocenters. The third-order valence-corrected chi connectivity index (χ3v) is 4.32. The molecular weight excluding hydrogens is 288 g/mol. The van der Waals surface area contributed by atoms with Gasteiger partial charge in [-0.1, -0.05) is 37.8 Å². The first-order valence-electron chi connectivity index (χ1n) is 7.56. The summed E-state index contributed by atoms with van der Waals surface area (Å²) >= 11 is 5.83. The second-order valence-corrected chi connectivity index (χ2v) is 6.02. The number of hydrogen-bond donors (Lipinski definition) is 2. The number of nitrogens with two attached hydrogens (primary N) is 1. The zero-order chi connectivity index (χ0) is 15.2. The third-order valence-electron chi connectivity index (χ3n) is 4.08. The maximum absolute atomic E-state index is 12.0. The first-order chi connectivity index (χ1) is 10.1. The highest BCUT2D eigenvalue weighted by molar-refractivity contribution is 6.31. The van der Waals surface area contributed by atoms with Crippen LogP contribution in [-0.2, 0) is 9.53 Å². The molecule has 1 aliphatic rings. The van der Waals surface area contributed by atoms with Crippen LogP contribution in [0.4, 0.5) is 11.4 Å². The molecule has 1 fully saturated rings. The highest BCUT2D eigenvalue weighted by Gasteiger charge is 2.24.